The Labute approximate surface area is 124 Å². The highest BCUT2D eigenvalue weighted by Gasteiger charge is 2.36. The van der Waals surface area contributed by atoms with Gasteiger partial charge in [-0.3, -0.25) is 4.90 Å². The van der Waals surface area contributed by atoms with E-state index < -0.39 is 0 Å². The molecular formula is C18H18N2O. The lowest BCUT2D eigenvalue weighted by Gasteiger charge is -2.39. The van der Waals surface area contributed by atoms with Crippen LogP contribution in [0.3, 0.4) is 0 Å². The number of nitrogens with zero attached hydrogens (tertiary/aromatic N) is 1. The first-order valence-corrected chi connectivity index (χ1v) is 7.60. The average molecular weight is 278 g/mol. The summed E-state index contributed by atoms with van der Waals surface area (Å²) < 4.78 is 0. The highest BCUT2D eigenvalue weighted by atomic mass is 16.2. The van der Waals surface area contributed by atoms with Crippen LogP contribution < -0.4 is 10.2 Å². The number of urea groups is 1. The number of anilines is 1. The van der Waals surface area contributed by atoms with E-state index >= 15 is 0 Å². The van der Waals surface area contributed by atoms with Gasteiger partial charge in [0.05, 0.1) is 11.4 Å². The molecule has 4 rings (SSSR count). The van der Waals surface area contributed by atoms with Gasteiger partial charge in [0.25, 0.3) is 0 Å². The molecule has 0 atom stereocenters. The van der Waals surface area contributed by atoms with E-state index in [9.17, 15) is 4.79 Å². The first-order valence-electron chi connectivity index (χ1n) is 7.60. The van der Waals surface area contributed by atoms with Gasteiger partial charge in [0, 0.05) is 11.3 Å². The van der Waals surface area contributed by atoms with E-state index in [4.69, 9.17) is 0 Å². The van der Waals surface area contributed by atoms with Gasteiger partial charge < -0.3 is 5.32 Å². The maximum atomic E-state index is 12.6. The second kappa shape index (κ2) is 4.62. The van der Waals surface area contributed by atoms with Crippen molar-refractivity contribution in [3.8, 4) is 0 Å². The van der Waals surface area contributed by atoms with Gasteiger partial charge in [0.1, 0.15) is 0 Å². The molecule has 0 saturated carbocycles. The second-order valence-corrected chi connectivity index (χ2v) is 5.71. The van der Waals surface area contributed by atoms with Crippen molar-refractivity contribution < 1.29 is 4.79 Å². The number of carbonyl (C=O) groups is 1. The Bertz CT molecular complexity index is 724. The maximum Gasteiger partial charge on any atom is 0.330 e. The van der Waals surface area contributed by atoms with Crippen LogP contribution in [0.4, 0.5) is 10.5 Å². The molecule has 1 aliphatic carbocycles. The molecule has 0 spiro atoms. The predicted octanol–water partition coefficient (Wildman–Crippen LogP) is 4.04. The number of amides is 2. The normalized spacial score (nSPS) is 20.0. The minimum atomic E-state index is -0.0339. The lowest BCUT2D eigenvalue weighted by atomic mass is 9.86. The minimum absolute atomic E-state index is 0.0339. The topological polar surface area (TPSA) is 32.3 Å². The molecule has 0 aromatic heterocycles. The van der Waals surface area contributed by atoms with Crippen LogP contribution in [0, 0.1) is 0 Å². The number of hydrogen-bond acceptors (Lipinski definition) is 1. The molecule has 1 aromatic rings. The number of fused-ring (bicyclic) bond motifs is 4. The fraction of sp³-hybridized carbons (Fsp3) is 0.278. The second-order valence-electron chi connectivity index (χ2n) is 5.71. The van der Waals surface area contributed by atoms with E-state index in [0.717, 1.165) is 42.8 Å². The zero-order valence-corrected chi connectivity index (χ0v) is 12.1. The quantitative estimate of drug-likeness (QED) is 0.826. The van der Waals surface area contributed by atoms with Crippen LogP contribution in [-0.4, -0.2) is 6.03 Å². The molecule has 2 aliphatic heterocycles. The lowest BCUT2D eigenvalue weighted by Crippen LogP contribution is -2.46. The molecule has 1 N–H and O–H groups in total. The zero-order valence-electron chi connectivity index (χ0n) is 12.1. The van der Waals surface area contributed by atoms with Crippen LogP contribution >= 0.6 is 0 Å². The number of carbonyl (C=O) groups excluding carboxylic acids is 1. The van der Waals surface area contributed by atoms with Gasteiger partial charge in [-0.25, -0.2) is 4.79 Å². The summed E-state index contributed by atoms with van der Waals surface area (Å²) >= 11 is 0. The summed E-state index contributed by atoms with van der Waals surface area (Å²) in [6, 6.07) is 8.19. The van der Waals surface area contributed by atoms with Crippen LogP contribution in [-0.2, 0) is 6.42 Å². The van der Waals surface area contributed by atoms with Crippen molar-refractivity contribution in [1.82, 2.24) is 5.32 Å². The summed E-state index contributed by atoms with van der Waals surface area (Å²) in [5.41, 5.74) is 7.07. The number of nitrogens with one attached hydrogen (secondary N) is 1. The Balaban J connectivity index is 1.96. The number of hydrogen-bond donors (Lipinski definition) is 1. The van der Waals surface area contributed by atoms with Crippen molar-refractivity contribution in [2.75, 3.05) is 4.90 Å². The molecule has 0 bridgehead atoms. The Morgan fingerprint density at radius 1 is 1.29 bits per heavy atom. The molecule has 1 aromatic carbocycles. The Kier molecular flexibility index (Phi) is 2.74. The molecule has 0 fully saturated rings. The molecule has 106 valence electrons. The SMILES string of the molecule is CCC1=C2C3=C(C=CCC3)NC(=O)N2c2ccccc2C1. The fourth-order valence-electron chi connectivity index (χ4n) is 3.52. The summed E-state index contributed by atoms with van der Waals surface area (Å²) in [7, 11) is 0. The number of para-hydroxylation sites is 1. The first-order chi connectivity index (χ1) is 10.3. The maximum absolute atomic E-state index is 12.6. The van der Waals surface area contributed by atoms with Crippen molar-refractivity contribution >= 4 is 11.7 Å². The Morgan fingerprint density at radius 2 is 2.14 bits per heavy atom. The summed E-state index contributed by atoms with van der Waals surface area (Å²) in [5.74, 6) is 0. The molecule has 0 saturated heterocycles. The van der Waals surface area contributed by atoms with Gasteiger partial charge in [0.2, 0.25) is 0 Å². The molecule has 2 heterocycles. The fourth-order valence-corrected chi connectivity index (χ4v) is 3.52. The van der Waals surface area contributed by atoms with Crippen LogP contribution in [0.1, 0.15) is 31.7 Å². The molecule has 0 unspecified atom stereocenters. The largest absolute Gasteiger partial charge is 0.330 e. The summed E-state index contributed by atoms with van der Waals surface area (Å²) in [6.07, 6.45) is 8.17. The third-order valence-corrected chi connectivity index (χ3v) is 4.52. The standard InChI is InChI=1S/C18H18N2O/c1-2-12-11-13-7-3-6-10-16(13)20-17(12)14-8-4-5-9-15(14)19-18(20)21/h3,5-7,9-10H,2,4,8,11H2,1H3,(H,19,21). The van der Waals surface area contributed by atoms with E-state index in [1.807, 2.05) is 23.1 Å². The van der Waals surface area contributed by atoms with Crippen LogP contribution in [0.5, 0.6) is 0 Å². The molecule has 21 heavy (non-hydrogen) atoms. The van der Waals surface area contributed by atoms with E-state index in [1.165, 1.54) is 16.7 Å². The van der Waals surface area contributed by atoms with Crippen molar-refractivity contribution in [2.24, 2.45) is 0 Å². The van der Waals surface area contributed by atoms with Gasteiger partial charge in [0.15, 0.2) is 0 Å². The Hall–Kier alpha value is -2.29. The number of allylic oxidation sites excluding steroid dienone is 4. The smallest absolute Gasteiger partial charge is 0.307 e. The van der Waals surface area contributed by atoms with Gasteiger partial charge in [-0.2, -0.15) is 0 Å². The number of rotatable bonds is 1. The zero-order chi connectivity index (χ0) is 14.4. The molecule has 3 nitrogen and oxygen atoms in total. The summed E-state index contributed by atoms with van der Waals surface area (Å²) in [4.78, 5) is 14.5. The van der Waals surface area contributed by atoms with Gasteiger partial charge in [-0.1, -0.05) is 31.2 Å². The van der Waals surface area contributed by atoms with E-state index in [0.29, 0.717) is 0 Å². The Morgan fingerprint density at radius 3 is 3.00 bits per heavy atom. The monoisotopic (exact) mass is 278 g/mol. The predicted molar refractivity (Wildman–Crippen MR) is 83.9 cm³/mol. The minimum Gasteiger partial charge on any atom is -0.307 e. The highest BCUT2D eigenvalue weighted by molar-refractivity contribution is 6.01. The molecule has 0 radical (unpaired) electrons. The third-order valence-electron chi connectivity index (χ3n) is 4.52. The molecule has 2 amide bonds. The van der Waals surface area contributed by atoms with Crippen molar-refractivity contribution in [1.29, 1.82) is 0 Å². The number of benzene rings is 1. The van der Waals surface area contributed by atoms with Crippen molar-refractivity contribution in [3.05, 3.63) is 64.5 Å². The van der Waals surface area contributed by atoms with Crippen molar-refractivity contribution in [3.63, 3.8) is 0 Å². The van der Waals surface area contributed by atoms with Crippen molar-refractivity contribution in [2.45, 2.75) is 32.6 Å². The molecule has 3 aliphatic rings. The molecular weight excluding hydrogens is 260 g/mol. The third kappa shape index (κ3) is 1.77. The highest BCUT2D eigenvalue weighted by Crippen LogP contribution is 2.42. The van der Waals surface area contributed by atoms with Gasteiger partial charge in [-0.15, -0.1) is 0 Å². The summed E-state index contributed by atoms with van der Waals surface area (Å²) in [6.45, 7) is 2.18. The van der Waals surface area contributed by atoms with E-state index in [-0.39, 0.29) is 6.03 Å². The van der Waals surface area contributed by atoms with Gasteiger partial charge >= 0.3 is 6.03 Å². The van der Waals surface area contributed by atoms with Crippen LogP contribution in [0.15, 0.2) is 59.0 Å². The van der Waals surface area contributed by atoms with Gasteiger partial charge in [-0.05, 0) is 49.0 Å². The van der Waals surface area contributed by atoms with Crippen LogP contribution in [0.25, 0.3) is 0 Å². The average Bonchev–Trinajstić information content (AvgIpc) is 2.53. The lowest BCUT2D eigenvalue weighted by molar-refractivity contribution is 0.249. The van der Waals surface area contributed by atoms with E-state index in [1.54, 1.807) is 0 Å². The first kappa shape index (κ1) is 12.5. The van der Waals surface area contributed by atoms with E-state index in [2.05, 4.69) is 30.5 Å². The van der Waals surface area contributed by atoms with Crippen LogP contribution in [0.2, 0.25) is 0 Å². The summed E-state index contributed by atoms with van der Waals surface area (Å²) in [5, 5.41) is 3.05. The molecule has 3 heteroatoms.